The smallest absolute Gasteiger partial charge is 0.327 e. The fourth-order valence-corrected chi connectivity index (χ4v) is 4.03. The summed E-state index contributed by atoms with van der Waals surface area (Å²) in [5, 5.41) is 26.3. The maximum Gasteiger partial charge on any atom is 0.327 e. The van der Waals surface area contributed by atoms with Crippen LogP contribution in [0.4, 0.5) is 0 Å². The molecule has 38 heavy (non-hydrogen) atoms. The first kappa shape index (κ1) is 30.6. The fraction of sp³-hybridized carbons (Fsp3) is 0.458. The zero-order valence-electron chi connectivity index (χ0n) is 20.7. The summed E-state index contributed by atoms with van der Waals surface area (Å²) in [6, 6.07) is 2.42. The first-order valence-electron chi connectivity index (χ1n) is 12.0. The zero-order chi connectivity index (χ0) is 28.2. The molecule has 14 heteroatoms. The van der Waals surface area contributed by atoms with Gasteiger partial charge < -0.3 is 42.6 Å². The first-order valence-corrected chi connectivity index (χ1v) is 12.7. The molecule has 0 fully saturated rings. The lowest BCUT2D eigenvalue weighted by Gasteiger charge is -2.24. The standard InChI is InChI=1S/C24H34N6O7S/c25-8-4-3-7-17(22(34)29-18(10-20(31)32)23(35)30-19(12-38)24(36)37)28-21(33)15(26)9-13-11-27-16-6-2-1-5-14(13)16/h1-2,5-6,11,15,17-19,27,38H,3-4,7-10,12,25-26H2,(H,28,33)(H,29,34)(H,30,35)(H,31,32)(H,36,37). The molecule has 1 heterocycles. The van der Waals surface area contributed by atoms with Gasteiger partial charge >= 0.3 is 11.9 Å². The van der Waals surface area contributed by atoms with Crippen LogP contribution in [-0.2, 0) is 30.4 Å². The van der Waals surface area contributed by atoms with Crippen LogP contribution >= 0.6 is 12.6 Å². The molecule has 3 amide bonds. The summed E-state index contributed by atoms with van der Waals surface area (Å²) < 4.78 is 0. The Kier molecular flexibility index (Phi) is 12.0. The van der Waals surface area contributed by atoms with Gasteiger partial charge in [0.25, 0.3) is 0 Å². The van der Waals surface area contributed by atoms with Gasteiger partial charge in [-0.1, -0.05) is 18.2 Å². The number of carbonyl (C=O) groups is 5. The summed E-state index contributed by atoms with van der Waals surface area (Å²) in [6.07, 6.45) is 2.32. The predicted molar refractivity (Wildman–Crippen MR) is 142 cm³/mol. The van der Waals surface area contributed by atoms with Crippen molar-refractivity contribution in [1.29, 1.82) is 0 Å². The van der Waals surface area contributed by atoms with Gasteiger partial charge in [-0.3, -0.25) is 19.2 Å². The number of nitrogens with one attached hydrogen (secondary N) is 4. The molecule has 0 saturated carbocycles. The monoisotopic (exact) mass is 550 g/mol. The number of carbonyl (C=O) groups excluding carboxylic acids is 3. The van der Waals surface area contributed by atoms with E-state index in [1.54, 1.807) is 6.20 Å². The Labute approximate surface area is 224 Å². The minimum Gasteiger partial charge on any atom is -0.481 e. The Morgan fingerprint density at radius 3 is 2.18 bits per heavy atom. The van der Waals surface area contributed by atoms with E-state index in [1.165, 1.54) is 0 Å². The molecular weight excluding hydrogens is 516 g/mol. The molecule has 1 aromatic carbocycles. The van der Waals surface area contributed by atoms with E-state index in [4.69, 9.17) is 16.6 Å². The minimum absolute atomic E-state index is 0.157. The van der Waals surface area contributed by atoms with Crippen molar-refractivity contribution in [2.75, 3.05) is 12.3 Å². The molecule has 4 unspecified atom stereocenters. The van der Waals surface area contributed by atoms with Crippen LogP contribution in [0.5, 0.6) is 0 Å². The van der Waals surface area contributed by atoms with Gasteiger partial charge in [0.15, 0.2) is 0 Å². The Bertz CT molecular complexity index is 1140. The number of hydrogen-bond acceptors (Lipinski definition) is 8. The molecule has 2 rings (SSSR count). The molecule has 1 aromatic heterocycles. The number of carboxylic acids is 2. The summed E-state index contributed by atoms with van der Waals surface area (Å²) in [5.41, 5.74) is 13.4. The topological polar surface area (TPSA) is 230 Å². The number of thiol groups is 1. The van der Waals surface area contributed by atoms with E-state index in [-0.39, 0.29) is 18.6 Å². The van der Waals surface area contributed by atoms with Gasteiger partial charge in [0.1, 0.15) is 18.1 Å². The van der Waals surface area contributed by atoms with Crippen molar-refractivity contribution in [3.63, 3.8) is 0 Å². The third-order valence-electron chi connectivity index (χ3n) is 5.84. The highest BCUT2D eigenvalue weighted by Gasteiger charge is 2.31. The van der Waals surface area contributed by atoms with Crippen LogP contribution in [0.2, 0.25) is 0 Å². The maximum atomic E-state index is 13.1. The molecular formula is C24H34N6O7S. The molecule has 0 radical (unpaired) electrons. The Morgan fingerprint density at radius 2 is 1.55 bits per heavy atom. The first-order chi connectivity index (χ1) is 18.1. The van der Waals surface area contributed by atoms with Crippen LogP contribution in [-0.4, -0.2) is 81.3 Å². The zero-order valence-corrected chi connectivity index (χ0v) is 21.6. The van der Waals surface area contributed by atoms with Crippen LogP contribution in [0.25, 0.3) is 10.9 Å². The lowest BCUT2D eigenvalue weighted by atomic mass is 10.0. The van der Waals surface area contributed by atoms with Crippen LogP contribution in [0, 0.1) is 0 Å². The van der Waals surface area contributed by atoms with E-state index in [2.05, 4.69) is 33.6 Å². The number of fused-ring (bicyclic) bond motifs is 1. The molecule has 0 spiro atoms. The number of carboxylic acid groups (broad SMARTS) is 2. The number of aromatic amines is 1. The van der Waals surface area contributed by atoms with E-state index in [1.807, 2.05) is 24.3 Å². The summed E-state index contributed by atoms with van der Waals surface area (Å²) in [5.74, 6) is -5.44. The van der Waals surface area contributed by atoms with E-state index >= 15 is 0 Å². The van der Waals surface area contributed by atoms with Crippen molar-refractivity contribution in [1.82, 2.24) is 20.9 Å². The summed E-state index contributed by atoms with van der Waals surface area (Å²) >= 11 is 3.86. The van der Waals surface area contributed by atoms with Crippen molar-refractivity contribution >= 4 is 53.2 Å². The number of aromatic nitrogens is 1. The highest BCUT2D eigenvalue weighted by atomic mass is 32.1. The molecule has 4 atom stereocenters. The molecule has 0 bridgehead atoms. The highest BCUT2D eigenvalue weighted by molar-refractivity contribution is 7.80. The second kappa shape index (κ2) is 15.0. The lowest BCUT2D eigenvalue weighted by Crippen LogP contribution is -2.57. The van der Waals surface area contributed by atoms with Crippen LogP contribution in [0.15, 0.2) is 30.5 Å². The molecule has 0 aliphatic heterocycles. The second-order valence-electron chi connectivity index (χ2n) is 8.76. The Morgan fingerprint density at radius 1 is 0.921 bits per heavy atom. The van der Waals surface area contributed by atoms with E-state index in [0.717, 1.165) is 16.5 Å². The number of benzene rings is 1. The number of nitrogens with two attached hydrogens (primary N) is 2. The minimum atomic E-state index is -1.59. The fourth-order valence-electron chi connectivity index (χ4n) is 3.78. The lowest BCUT2D eigenvalue weighted by molar-refractivity contribution is -0.143. The van der Waals surface area contributed by atoms with Gasteiger partial charge in [-0.25, -0.2) is 4.79 Å². The summed E-state index contributed by atoms with van der Waals surface area (Å²) in [4.78, 5) is 64.2. The van der Waals surface area contributed by atoms with Gasteiger partial charge in [-0.2, -0.15) is 12.6 Å². The van der Waals surface area contributed by atoms with Crippen molar-refractivity contribution in [2.24, 2.45) is 11.5 Å². The number of H-pyrrole nitrogens is 1. The maximum absolute atomic E-state index is 13.1. The van der Waals surface area contributed by atoms with Crippen molar-refractivity contribution in [3.8, 4) is 0 Å². The number of unbranched alkanes of at least 4 members (excludes halogenated alkanes) is 1. The van der Waals surface area contributed by atoms with Crippen LogP contribution in [0.1, 0.15) is 31.2 Å². The average Bonchev–Trinajstić information content (AvgIpc) is 3.28. The molecule has 2 aromatic rings. The number of aliphatic carboxylic acids is 2. The third kappa shape index (κ3) is 9.04. The van der Waals surface area contributed by atoms with Crippen molar-refractivity contribution in [3.05, 3.63) is 36.0 Å². The van der Waals surface area contributed by atoms with Gasteiger partial charge in [-0.05, 0) is 43.9 Å². The van der Waals surface area contributed by atoms with Gasteiger partial charge in [-0.15, -0.1) is 0 Å². The number of rotatable bonds is 16. The molecule has 208 valence electrons. The number of para-hydroxylation sites is 1. The normalized spacial score (nSPS) is 14.2. The molecule has 13 nitrogen and oxygen atoms in total. The van der Waals surface area contributed by atoms with Crippen LogP contribution in [0.3, 0.4) is 0 Å². The van der Waals surface area contributed by atoms with E-state index < -0.39 is 60.2 Å². The van der Waals surface area contributed by atoms with Gasteiger partial charge in [0.2, 0.25) is 17.7 Å². The molecule has 10 N–H and O–H groups in total. The average molecular weight is 551 g/mol. The largest absolute Gasteiger partial charge is 0.481 e. The molecule has 0 aliphatic rings. The van der Waals surface area contributed by atoms with E-state index in [0.29, 0.717) is 19.4 Å². The Hall–Kier alpha value is -3.62. The number of amides is 3. The van der Waals surface area contributed by atoms with Gasteiger partial charge in [0.05, 0.1) is 12.5 Å². The van der Waals surface area contributed by atoms with Gasteiger partial charge in [0, 0.05) is 22.9 Å². The molecule has 0 aliphatic carbocycles. The van der Waals surface area contributed by atoms with Crippen LogP contribution < -0.4 is 27.4 Å². The SMILES string of the molecule is NCCCCC(NC(=O)C(N)Cc1c[nH]c2ccccc12)C(=O)NC(CC(=O)O)C(=O)NC(CS)C(=O)O. The molecule has 0 saturated heterocycles. The highest BCUT2D eigenvalue weighted by Crippen LogP contribution is 2.19. The quantitative estimate of drug-likeness (QED) is 0.0931. The number of hydrogen-bond donors (Lipinski definition) is 9. The Balaban J connectivity index is 2.13. The summed E-state index contributed by atoms with van der Waals surface area (Å²) in [6.45, 7) is 0.354. The van der Waals surface area contributed by atoms with Crippen molar-refractivity contribution in [2.45, 2.75) is 56.3 Å². The second-order valence-corrected chi connectivity index (χ2v) is 9.12. The predicted octanol–water partition coefficient (Wildman–Crippen LogP) is -0.890. The van der Waals surface area contributed by atoms with E-state index in [9.17, 15) is 29.1 Å². The third-order valence-corrected chi connectivity index (χ3v) is 6.21. The van der Waals surface area contributed by atoms with Crippen molar-refractivity contribution < 1.29 is 34.2 Å². The summed E-state index contributed by atoms with van der Waals surface area (Å²) in [7, 11) is 0.